The lowest BCUT2D eigenvalue weighted by Gasteiger charge is -2.23. The molecule has 0 fully saturated rings. The average molecular weight is 282 g/mol. The van der Waals surface area contributed by atoms with Crippen LogP contribution in [0.15, 0.2) is 6.33 Å². The third kappa shape index (κ3) is 3.82. The molecule has 0 spiro atoms. The van der Waals surface area contributed by atoms with Gasteiger partial charge >= 0.3 is 0 Å². The van der Waals surface area contributed by atoms with E-state index in [2.05, 4.69) is 29.1 Å². The fourth-order valence-corrected chi connectivity index (χ4v) is 2.92. The lowest BCUT2D eigenvalue weighted by molar-refractivity contribution is 0.511. The first-order valence-electron chi connectivity index (χ1n) is 7.37. The summed E-state index contributed by atoms with van der Waals surface area (Å²) in [6.45, 7) is 4.45. The number of halogens is 1. The zero-order valence-electron chi connectivity index (χ0n) is 12.0. The maximum atomic E-state index is 5.90. The zero-order chi connectivity index (χ0) is 13.7. The summed E-state index contributed by atoms with van der Waals surface area (Å²) in [5.74, 6) is 2.27. The second-order valence-electron chi connectivity index (χ2n) is 5.68. The molecule has 1 aromatic heterocycles. The van der Waals surface area contributed by atoms with E-state index in [-0.39, 0.29) is 0 Å². The van der Waals surface area contributed by atoms with Crippen LogP contribution in [0.4, 0.5) is 5.82 Å². The maximum Gasteiger partial charge on any atom is 0.133 e. The fourth-order valence-electron chi connectivity index (χ4n) is 2.69. The highest BCUT2D eigenvalue weighted by Crippen LogP contribution is 2.25. The number of hydrogen-bond acceptors (Lipinski definition) is 3. The van der Waals surface area contributed by atoms with Gasteiger partial charge < -0.3 is 5.32 Å². The number of rotatable bonds is 5. The van der Waals surface area contributed by atoms with Gasteiger partial charge in [-0.1, -0.05) is 20.3 Å². The van der Waals surface area contributed by atoms with Crippen LogP contribution in [0.3, 0.4) is 0 Å². The SMILES string of the molecule is CC(C)C(CCCl)Nc1ncnc2c1CCCCC2. The minimum absolute atomic E-state index is 0.389. The minimum atomic E-state index is 0.389. The minimum Gasteiger partial charge on any atom is -0.367 e. The van der Waals surface area contributed by atoms with E-state index in [1.807, 2.05) is 0 Å². The van der Waals surface area contributed by atoms with Crippen molar-refractivity contribution in [2.75, 3.05) is 11.2 Å². The largest absolute Gasteiger partial charge is 0.367 e. The van der Waals surface area contributed by atoms with Gasteiger partial charge in [-0.15, -0.1) is 11.6 Å². The van der Waals surface area contributed by atoms with Crippen LogP contribution in [-0.2, 0) is 12.8 Å². The van der Waals surface area contributed by atoms with Crippen LogP contribution in [0.25, 0.3) is 0 Å². The Morgan fingerprint density at radius 1 is 1.21 bits per heavy atom. The Bertz CT molecular complexity index is 406. The van der Waals surface area contributed by atoms with Crippen molar-refractivity contribution in [1.82, 2.24) is 9.97 Å². The van der Waals surface area contributed by atoms with Crippen LogP contribution >= 0.6 is 11.6 Å². The molecule has 2 rings (SSSR count). The summed E-state index contributed by atoms with van der Waals surface area (Å²) in [6, 6.07) is 0.389. The van der Waals surface area contributed by atoms with E-state index in [4.69, 9.17) is 11.6 Å². The van der Waals surface area contributed by atoms with Crippen LogP contribution in [0, 0.1) is 5.92 Å². The fraction of sp³-hybridized carbons (Fsp3) is 0.733. The second kappa shape index (κ2) is 7.09. The molecule has 1 heterocycles. The van der Waals surface area contributed by atoms with Crippen LogP contribution < -0.4 is 5.32 Å². The summed E-state index contributed by atoms with van der Waals surface area (Å²) in [5.41, 5.74) is 2.57. The Kier molecular flexibility index (Phi) is 5.44. The number of nitrogens with one attached hydrogen (secondary N) is 1. The second-order valence-corrected chi connectivity index (χ2v) is 6.06. The van der Waals surface area contributed by atoms with E-state index in [0.29, 0.717) is 17.8 Å². The van der Waals surface area contributed by atoms with Crippen molar-refractivity contribution >= 4 is 17.4 Å². The van der Waals surface area contributed by atoms with Crippen LogP contribution in [0.2, 0.25) is 0 Å². The van der Waals surface area contributed by atoms with E-state index in [0.717, 1.165) is 25.1 Å². The Morgan fingerprint density at radius 2 is 2.00 bits per heavy atom. The Hall–Kier alpha value is -0.830. The molecule has 0 amide bonds. The highest BCUT2D eigenvalue weighted by molar-refractivity contribution is 6.17. The molecule has 1 aliphatic rings. The molecule has 0 saturated carbocycles. The van der Waals surface area contributed by atoms with Crippen LogP contribution in [-0.4, -0.2) is 21.9 Å². The van der Waals surface area contributed by atoms with Crippen molar-refractivity contribution in [3.05, 3.63) is 17.6 Å². The molecule has 106 valence electrons. The smallest absolute Gasteiger partial charge is 0.133 e. The highest BCUT2D eigenvalue weighted by atomic mass is 35.5. The molecule has 4 heteroatoms. The molecule has 0 saturated heterocycles. The van der Waals surface area contributed by atoms with Gasteiger partial charge in [0.1, 0.15) is 12.1 Å². The number of aryl methyl sites for hydroxylation is 1. The van der Waals surface area contributed by atoms with Gasteiger partial charge in [0.25, 0.3) is 0 Å². The van der Waals surface area contributed by atoms with Crippen LogP contribution in [0.5, 0.6) is 0 Å². The summed E-state index contributed by atoms with van der Waals surface area (Å²) in [6.07, 6.45) is 8.65. The van der Waals surface area contributed by atoms with Gasteiger partial charge in [-0.3, -0.25) is 0 Å². The Balaban J connectivity index is 2.19. The van der Waals surface area contributed by atoms with E-state index >= 15 is 0 Å². The number of nitrogens with zero attached hydrogens (tertiary/aromatic N) is 2. The van der Waals surface area contributed by atoms with Gasteiger partial charge in [0.2, 0.25) is 0 Å². The summed E-state index contributed by atoms with van der Waals surface area (Å²) >= 11 is 5.90. The number of alkyl halides is 1. The third-order valence-corrected chi connectivity index (χ3v) is 4.14. The molecular formula is C15H24ClN3. The predicted octanol–water partition coefficient (Wildman–Crippen LogP) is 3.81. The summed E-state index contributed by atoms with van der Waals surface area (Å²) in [4.78, 5) is 8.93. The standard InChI is InChI=1S/C15H24ClN3/c1-11(2)13(8-9-16)19-15-12-6-4-3-5-7-14(12)17-10-18-15/h10-11,13H,3-9H2,1-2H3,(H,17,18,19). The number of fused-ring (bicyclic) bond motifs is 1. The normalized spacial score (nSPS) is 16.8. The van der Waals surface area contributed by atoms with Gasteiger partial charge in [-0.05, 0) is 38.0 Å². The highest BCUT2D eigenvalue weighted by Gasteiger charge is 2.18. The Labute approximate surface area is 121 Å². The van der Waals surface area contributed by atoms with Crippen molar-refractivity contribution in [3.63, 3.8) is 0 Å². The van der Waals surface area contributed by atoms with Gasteiger partial charge in [0.05, 0.1) is 0 Å². The van der Waals surface area contributed by atoms with Gasteiger partial charge in [0.15, 0.2) is 0 Å². The van der Waals surface area contributed by atoms with Crippen LogP contribution in [0.1, 0.15) is 50.8 Å². The number of anilines is 1. The molecule has 3 nitrogen and oxygen atoms in total. The molecule has 1 atom stereocenters. The zero-order valence-corrected chi connectivity index (χ0v) is 12.7. The van der Waals surface area contributed by atoms with E-state index in [1.54, 1.807) is 6.33 Å². The van der Waals surface area contributed by atoms with Crippen molar-refractivity contribution in [1.29, 1.82) is 0 Å². The molecule has 1 N–H and O–H groups in total. The number of hydrogen-bond donors (Lipinski definition) is 1. The number of aromatic nitrogens is 2. The maximum absolute atomic E-state index is 5.90. The van der Waals surface area contributed by atoms with Gasteiger partial charge in [0, 0.05) is 23.2 Å². The van der Waals surface area contributed by atoms with E-state index < -0.39 is 0 Å². The lowest BCUT2D eigenvalue weighted by Crippen LogP contribution is -2.27. The van der Waals surface area contributed by atoms with Crippen molar-refractivity contribution < 1.29 is 0 Å². The molecule has 1 aromatic rings. The first-order chi connectivity index (χ1) is 9.22. The van der Waals surface area contributed by atoms with E-state index in [1.165, 1.54) is 30.5 Å². The average Bonchev–Trinajstić information content (AvgIpc) is 2.64. The molecule has 0 radical (unpaired) electrons. The first kappa shape index (κ1) is 14.6. The Morgan fingerprint density at radius 3 is 2.74 bits per heavy atom. The molecule has 1 aliphatic carbocycles. The van der Waals surface area contributed by atoms with Crippen molar-refractivity contribution in [3.8, 4) is 0 Å². The van der Waals surface area contributed by atoms with Gasteiger partial charge in [-0.25, -0.2) is 9.97 Å². The van der Waals surface area contributed by atoms with E-state index in [9.17, 15) is 0 Å². The summed E-state index contributed by atoms with van der Waals surface area (Å²) in [7, 11) is 0. The topological polar surface area (TPSA) is 37.8 Å². The van der Waals surface area contributed by atoms with Crippen molar-refractivity contribution in [2.24, 2.45) is 5.92 Å². The quantitative estimate of drug-likeness (QED) is 0.659. The van der Waals surface area contributed by atoms with Gasteiger partial charge in [-0.2, -0.15) is 0 Å². The molecule has 1 unspecified atom stereocenters. The summed E-state index contributed by atoms with van der Waals surface area (Å²) < 4.78 is 0. The predicted molar refractivity (Wildman–Crippen MR) is 80.9 cm³/mol. The molecule has 0 aromatic carbocycles. The molecule has 19 heavy (non-hydrogen) atoms. The first-order valence-corrected chi connectivity index (χ1v) is 7.91. The summed E-state index contributed by atoms with van der Waals surface area (Å²) in [5, 5.41) is 3.60. The van der Waals surface area contributed by atoms with Crippen molar-refractivity contribution in [2.45, 2.75) is 58.4 Å². The molecule has 0 aliphatic heterocycles. The molecular weight excluding hydrogens is 258 g/mol. The third-order valence-electron chi connectivity index (χ3n) is 3.92. The molecule has 0 bridgehead atoms. The lowest BCUT2D eigenvalue weighted by atomic mass is 10.0. The monoisotopic (exact) mass is 281 g/mol.